The van der Waals surface area contributed by atoms with Gasteiger partial charge in [0.25, 0.3) is 0 Å². The Labute approximate surface area is 110 Å². The number of ether oxygens (including phenoxy) is 1. The van der Waals surface area contributed by atoms with Gasteiger partial charge in [-0.1, -0.05) is 13.3 Å². The number of unbranched alkanes of at least 4 members (excludes halogenated alkanes) is 1. The number of nitrogen functional groups attached to an aromatic ring is 1. The van der Waals surface area contributed by atoms with E-state index in [-0.39, 0.29) is 0 Å². The highest BCUT2D eigenvalue weighted by Crippen LogP contribution is 2.14. The zero-order chi connectivity index (χ0) is 13.1. The quantitative estimate of drug-likeness (QED) is 0.672. The number of aromatic nitrogens is 4. The summed E-state index contributed by atoms with van der Waals surface area (Å²) < 4.78 is 7.36. The molecule has 2 aromatic rings. The van der Waals surface area contributed by atoms with E-state index in [0.717, 1.165) is 12.8 Å². The van der Waals surface area contributed by atoms with Crippen LogP contribution in [-0.4, -0.2) is 26.2 Å². The fourth-order valence-corrected chi connectivity index (χ4v) is 1.72. The van der Waals surface area contributed by atoms with Gasteiger partial charge in [-0.3, -0.25) is 0 Å². The van der Waals surface area contributed by atoms with Crippen LogP contribution in [0.5, 0.6) is 5.88 Å². The van der Waals surface area contributed by atoms with Crippen molar-refractivity contribution in [3.05, 3.63) is 16.5 Å². The molecule has 0 fully saturated rings. The van der Waals surface area contributed by atoms with E-state index in [1.54, 1.807) is 6.07 Å². The molecule has 0 saturated heterocycles. The van der Waals surface area contributed by atoms with Gasteiger partial charge >= 0.3 is 0 Å². The van der Waals surface area contributed by atoms with E-state index in [1.165, 1.54) is 4.52 Å². The largest absolute Gasteiger partial charge is 0.476 e. The van der Waals surface area contributed by atoms with Crippen molar-refractivity contribution in [1.82, 2.24) is 19.6 Å². The van der Waals surface area contributed by atoms with E-state index in [0.29, 0.717) is 34.4 Å². The number of anilines is 1. The lowest BCUT2D eigenvalue weighted by atomic mass is 10.4. The third kappa shape index (κ3) is 2.56. The first kappa shape index (κ1) is 12.7. The molecule has 2 rings (SSSR count). The highest BCUT2D eigenvalue weighted by molar-refractivity contribution is 7.71. The van der Waals surface area contributed by atoms with Gasteiger partial charge in [0.1, 0.15) is 11.5 Å². The lowest BCUT2D eigenvalue weighted by Crippen LogP contribution is -2.09. The SMILES string of the molecule is CCCCOc1nc2cc(N)nc(=S)n2nc1C. The van der Waals surface area contributed by atoms with E-state index in [4.69, 9.17) is 22.7 Å². The zero-order valence-electron chi connectivity index (χ0n) is 10.4. The minimum Gasteiger partial charge on any atom is -0.476 e. The predicted octanol–water partition coefficient (Wildman–Crippen LogP) is 1.92. The van der Waals surface area contributed by atoms with Crippen LogP contribution in [0.25, 0.3) is 5.65 Å². The molecule has 0 aliphatic carbocycles. The number of hydrogen-bond acceptors (Lipinski definition) is 6. The van der Waals surface area contributed by atoms with E-state index < -0.39 is 0 Å². The second-order valence-electron chi connectivity index (χ2n) is 3.94. The average molecular weight is 265 g/mol. The van der Waals surface area contributed by atoms with Crippen molar-refractivity contribution < 1.29 is 4.74 Å². The first-order chi connectivity index (χ1) is 8.61. The molecule has 0 atom stereocenters. The van der Waals surface area contributed by atoms with Crippen molar-refractivity contribution in [2.24, 2.45) is 0 Å². The number of nitrogens with two attached hydrogens (primary N) is 1. The summed E-state index contributed by atoms with van der Waals surface area (Å²) in [5.74, 6) is 0.848. The number of fused-ring (bicyclic) bond motifs is 1. The molecule has 0 bridgehead atoms. The molecule has 7 heteroatoms. The van der Waals surface area contributed by atoms with Crippen LogP contribution < -0.4 is 10.5 Å². The van der Waals surface area contributed by atoms with E-state index in [1.807, 2.05) is 6.92 Å². The fraction of sp³-hybridized carbons (Fsp3) is 0.455. The van der Waals surface area contributed by atoms with Gasteiger partial charge in [0.15, 0.2) is 5.65 Å². The Kier molecular flexibility index (Phi) is 3.71. The molecule has 2 aromatic heterocycles. The molecule has 2 N–H and O–H groups in total. The number of hydrogen-bond donors (Lipinski definition) is 1. The van der Waals surface area contributed by atoms with Crippen LogP contribution in [0, 0.1) is 11.7 Å². The van der Waals surface area contributed by atoms with Gasteiger partial charge in [0.2, 0.25) is 10.7 Å². The number of aryl methyl sites for hydroxylation is 1. The van der Waals surface area contributed by atoms with E-state index in [9.17, 15) is 0 Å². The van der Waals surface area contributed by atoms with E-state index in [2.05, 4.69) is 22.0 Å². The van der Waals surface area contributed by atoms with E-state index >= 15 is 0 Å². The molecule has 0 radical (unpaired) electrons. The smallest absolute Gasteiger partial charge is 0.239 e. The molecule has 18 heavy (non-hydrogen) atoms. The lowest BCUT2D eigenvalue weighted by molar-refractivity contribution is 0.293. The summed E-state index contributed by atoms with van der Waals surface area (Å²) in [5, 5.41) is 4.30. The van der Waals surface area contributed by atoms with Gasteiger partial charge in [0.05, 0.1) is 6.61 Å². The summed E-state index contributed by atoms with van der Waals surface area (Å²) in [6.07, 6.45) is 2.05. The van der Waals surface area contributed by atoms with Crippen LogP contribution in [0.4, 0.5) is 5.82 Å². The predicted molar refractivity (Wildman–Crippen MR) is 71.2 cm³/mol. The first-order valence-corrected chi connectivity index (χ1v) is 6.19. The molecule has 2 heterocycles. The maximum absolute atomic E-state index is 5.63. The minimum atomic E-state index is 0.292. The summed E-state index contributed by atoms with van der Waals surface area (Å²) in [6, 6.07) is 1.62. The summed E-state index contributed by atoms with van der Waals surface area (Å²) in [4.78, 5) is 8.32. The van der Waals surface area contributed by atoms with Crippen LogP contribution in [0.2, 0.25) is 0 Å². The van der Waals surface area contributed by atoms with Gasteiger partial charge in [-0.25, -0.2) is 4.98 Å². The summed E-state index contributed by atoms with van der Waals surface area (Å²) >= 11 is 5.08. The second-order valence-corrected chi connectivity index (χ2v) is 4.30. The van der Waals surface area contributed by atoms with Gasteiger partial charge in [0, 0.05) is 6.07 Å². The fourth-order valence-electron chi connectivity index (χ4n) is 1.48. The third-order valence-corrected chi connectivity index (χ3v) is 2.68. The maximum Gasteiger partial charge on any atom is 0.239 e. The van der Waals surface area contributed by atoms with Crippen LogP contribution in [0.3, 0.4) is 0 Å². The Hall–Kier alpha value is -1.76. The average Bonchev–Trinajstić information content (AvgIpc) is 2.31. The van der Waals surface area contributed by atoms with Crippen molar-refractivity contribution in [3.63, 3.8) is 0 Å². The van der Waals surface area contributed by atoms with Gasteiger partial charge in [-0.2, -0.15) is 14.6 Å². The second kappa shape index (κ2) is 5.26. The highest BCUT2D eigenvalue weighted by atomic mass is 32.1. The topological polar surface area (TPSA) is 78.3 Å². The Morgan fingerprint density at radius 2 is 2.22 bits per heavy atom. The number of nitrogens with zero attached hydrogens (tertiary/aromatic N) is 4. The molecule has 0 unspecified atom stereocenters. The summed E-state index contributed by atoms with van der Waals surface area (Å²) in [7, 11) is 0. The maximum atomic E-state index is 5.63. The standard InChI is InChI=1S/C11H15N5OS/c1-3-4-5-17-10-7(2)15-16-9(14-10)6-8(12)13-11(16)18/h6H,3-5H2,1-2H3,(H2,12,13,18). The molecular formula is C11H15N5OS. The summed E-state index contributed by atoms with van der Waals surface area (Å²) in [5.41, 5.74) is 6.86. The van der Waals surface area contributed by atoms with Gasteiger partial charge in [-0.05, 0) is 25.6 Å². The van der Waals surface area contributed by atoms with Crippen molar-refractivity contribution in [1.29, 1.82) is 0 Å². The third-order valence-electron chi connectivity index (χ3n) is 2.41. The molecule has 0 aromatic carbocycles. The molecule has 0 aliphatic heterocycles. The van der Waals surface area contributed by atoms with Crippen LogP contribution in [0.15, 0.2) is 6.07 Å². The molecule has 96 valence electrons. The highest BCUT2D eigenvalue weighted by Gasteiger charge is 2.07. The zero-order valence-corrected chi connectivity index (χ0v) is 11.2. The minimum absolute atomic E-state index is 0.292. The molecule has 0 amide bonds. The van der Waals surface area contributed by atoms with Crippen molar-refractivity contribution in [3.8, 4) is 5.88 Å². The monoisotopic (exact) mass is 265 g/mol. The molecule has 0 aliphatic rings. The van der Waals surface area contributed by atoms with Crippen LogP contribution in [-0.2, 0) is 0 Å². The Morgan fingerprint density at radius 3 is 2.94 bits per heavy atom. The van der Waals surface area contributed by atoms with Crippen LogP contribution in [0.1, 0.15) is 25.5 Å². The molecule has 0 saturated carbocycles. The Morgan fingerprint density at radius 1 is 1.44 bits per heavy atom. The number of rotatable bonds is 4. The first-order valence-electron chi connectivity index (χ1n) is 5.79. The van der Waals surface area contributed by atoms with Gasteiger partial charge in [-0.15, -0.1) is 0 Å². The van der Waals surface area contributed by atoms with Crippen LogP contribution >= 0.6 is 12.2 Å². The normalized spacial score (nSPS) is 10.8. The summed E-state index contributed by atoms with van der Waals surface area (Å²) in [6.45, 7) is 4.56. The Bertz CT molecular complexity index is 625. The molecular weight excluding hydrogens is 250 g/mol. The lowest BCUT2D eigenvalue weighted by Gasteiger charge is -2.09. The molecule has 6 nitrogen and oxygen atoms in total. The van der Waals surface area contributed by atoms with Crippen molar-refractivity contribution in [2.75, 3.05) is 12.3 Å². The Balaban J connectivity index is 2.44. The van der Waals surface area contributed by atoms with Crippen molar-refractivity contribution in [2.45, 2.75) is 26.7 Å². The van der Waals surface area contributed by atoms with Crippen molar-refractivity contribution >= 4 is 23.7 Å². The van der Waals surface area contributed by atoms with Gasteiger partial charge < -0.3 is 10.5 Å². The molecule has 0 spiro atoms.